The monoisotopic (exact) mass is 370 g/mol. The van der Waals surface area contributed by atoms with Gasteiger partial charge in [0, 0.05) is 37.4 Å². The largest absolute Gasteiger partial charge is 0.481 e. The van der Waals surface area contributed by atoms with Crippen molar-refractivity contribution in [2.24, 2.45) is 0 Å². The number of carboxylic acids is 1. The lowest BCUT2D eigenvalue weighted by atomic mass is 9.97. The first-order valence-corrected chi connectivity index (χ1v) is 9.68. The smallest absolute Gasteiger partial charge is 0.303 e. The third kappa shape index (κ3) is 4.79. The van der Waals surface area contributed by atoms with Crippen LogP contribution < -0.4 is 10.2 Å². The molecule has 0 radical (unpaired) electrons. The van der Waals surface area contributed by atoms with E-state index in [1.807, 2.05) is 6.07 Å². The Morgan fingerprint density at radius 3 is 2.85 bits per heavy atom. The zero-order valence-corrected chi connectivity index (χ0v) is 15.8. The molecule has 0 aliphatic carbocycles. The van der Waals surface area contributed by atoms with E-state index in [4.69, 9.17) is 5.11 Å². The van der Waals surface area contributed by atoms with Gasteiger partial charge in [-0.3, -0.25) is 4.79 Å². The Labute approximate surface area is 160 Å². The second-order valence-corrected chi connectivity index (χ2v) is 7.07. The summed E-state index contributed by atoms with van der Waals surface area (Å²) in [4.78, 5) is 13.1. The van der Waals surface area contributed by atoms with E-state index in [-0.39, 0.29) is 18.7 Å². The number of nitrogens with zero attached hydrogens (tertiary/aromatic N) is 1. The predicted octanol–water partition coefficient (Wildman–Crippen LogP) is 4.62. The van der Waals surface area contributed by atoms with Crippen LogP contribution in [-0.4, -0.2) is 24.2 Å². The highest BCUT2D eigenvalue weighted by Gasteiger charge is 2.19. The summed E-state index contributed by atoms with van der Waals surface area (Å²) in [7, 11) is 0. The number of nitrogens with one attached hydrogen (secondary N) is 1. The molecule has 1 heterocycles. The Balaban J connectivity index is 1.72. The highest BCUT2D eigenvalue weighted by atomic mass is 19.1. The molecule has 3 rings (SSSR count). The van der Waals surface area contributed by atoms with Crippen LogP contribution in [0.15, 0.2) is 36.4 Å². The van der Waals surface area contributed by atoms with E-state index in [9.17, 15) is 9.18 Å². The number of carbonyl (C=O) groups is 1. The fourth-order valence-electron chi connectivity index (χ4n) is 3.76. The maximum absolute atomic E-state index is 14.2. The molecule has 2 aromatic carbocycles. The lowest BCUT2D eigenvalue weighted by Gasteiger charge is -2.33. The van der Waals surface area contributed by atoms with Gasteiger partial charge in [-0.15, -0.1) is 0 Å². The Hall–Kier alpha value is -2.56. The van der Waals surface area contributed by atoms with E-state index in [0.29, 0.717) is 17.8 Å². The lowest BCUT2D eigenvalue weighted by Crippen LogP contribution is -2.31. The number of halogens is 1. The van der Waals surface area contributed by atoms with Crippen molar-refractivity contribution >= 4 is 17.3 Å². The van der Waals surface area contributed by atoms with E-state index in [1.54, 1.807) is 6.07 Å². The molecule has 4 nitrogen and oxygen atoms in total. The molecule has 0 atom stereocenters. The van der Waals surface area contributed by atoms with Gasteiger partial charge in [0.25, 0.3) is 0 Å². The van der Waals surface area contributed by atoms with E-state index in [2.05, 4.69) is 35.3 Å². The first-order chi connectivity index (χ1) is 13.1. The molecule has 2 aromatic rings. The van der Waals surface area contributed by atoms with Crippen molar-refractivity contribution in [2.45, 2.75) is 45.6 Å². The van der Waals surface area contributed by atoms with Crippen LogP contribution in [0.1, 0.15) is 42.9 Å². The zero-order valence-electron chi connectivity index (χ0n) is 15.8. The molecule has 27 heavy (non-hydrogen) atoms. The number of anilines is 2. The quantitative estimate of drug-likeness (QED) is 0.712. The molecule has 0 amide bonds. The van der Waals surface area contributed by atoms with Crippen LogP contribution in [0.4, 0.5) is 15.8 Å². The van der Waals surface area contributed by atoms with Gasteiger partial charge in [-0.25, -0.2) is 4.39 Å². The van der Waals surface area contributed by atoms with Crippen LogP contribution in [0, 0.1) is 5.82 Å². The minimum Gasteiger partial charge on any atom is -0.481 e. The average molecular weight is 370 g/mol. The number of rotatable bonds is 8. The fraction of sp³-hybridized carbons (Fsp3) is 0.409. The molecule has 1 aliphatic heterocycles. The highest BCUT2D eigenvalue weighted by molar-refractivity contribution is 5.67. The topological polar surface area (TPSA) is 52.6 Å². The van der Waals surface area contributed by atoms with Crippen LogP contribution in [0.3, 0.4) is 0 Å². The number of para-hydroxylation sites is 1. The van der Waals surface area contributed by atoms with Gasteiger partial charge in [-0.2, -0.15) is 0 Å². The maximum atomic E-state index is 14.2. The van der Waals surface area contributed by atoms with E-state index in [0.717, 1.165) is 25.9 Å². The average Bonchev–Trinajstić information content (AvgIpc) is 2.66. The number of carboxylic acid groups (broad SMARTS) is 1. The first-order valence-electron chi connectivity index (χ1n) is 9.68. The molecule has 5 heteroatoms. The van der Waals surface area contributed by atoms with E-state index < -0.39 is 5.97 Å². The molecular formula is C22H27FN2O2. The Morgan fingerprint density at radius 1 is 1.26 bits per heavy atom. The normalized spacial score (nSPS) is 13.3. The van der Waals surface area contributed by atoms with Crippen molar-refractivity contribution in [1.29, 1.82) is 0 Å². The minimum atomic E-state index is -0.915. The summed E-state index contributed by atoms with van der Waals surface area (Å²) in [5.41, 5.74) is 5.10. The predicted molar refractivity (Wildman–Crippen MR) is 107 cm³/mol. The van der Waals surface area contributed by atoms with Gasteiger partial charge in [0.05, 0.1) is 0 Å². The zero-order chi connectivity index (χ0) is 19.2. The van der Waals surface area contributed by atoms with Crippen molar-refractivity contribution in [3.63, 3.8) is 0 Å². The highest BCUT2D eigenvalue weighted by Crippen LogP contribution is 2.31. The van der Waals surface area contributed by atoms with Crippen molar-refractivity contribution < 1.29 is 14.3 Å². The number of hydrogen-bond donors (Lipinski definition) is 2. The number of aryl methyl sites for hydroxylation is 2. The summed E-state index contributed by atoms with van der Waals surface area (Å²) in [5, 5.41) is 12.1. The molecule has 0 saturated carbocycles. The molecule has 0 saturated heterocycles. The second-order valence-electron chi connectivity index (χ2n) is 7.07. The third-order valence-corrected chi connectivity index (χ3v) is 5.03. The van der Waals surface area contributed by atoms with Gasteiger partial charge in [0.2, 0.25) is 0 Å². The Morgan fingerprint density at radius 2 is 2.11 bits per heavy atom. The van der Waals surface area contributed by atoms with Crippen molar-refractivity contribution in [2.75, 3.05) is 23.3 Å². The van der Waals surface area contributed by atoms with Gasteiger partial charge < -0.3 is 15.3 Å². The number of benzene rings is 2. The first kappa shape index (κ1) is 19.2. The van der Waals surface area contributed by atoms with Crippen molar-refractivity contribution in [1.82, 2.24) is 0 Å². The van der Waals surface area contributed by atoms with Gasteiger partial charge in [-0.1, -0.05) is 31.2 Å². The fourth-order valence-corrected chi connectivity index (χ4v) is 3.76. The number of hydrogen-bond acceptors (Lipinski definition) is 3. The molecule has 0 bridgehead atoms. The Kier molecular flexibility index (Phi) is 6.32. The Bertz CT molecular complexity index is 807. The van der Waals surface area contributed by atoms with Crippen molar-refractivity contribution in [3.8, 4) is 0 Å². The van der Waals surface area contributed by atoms with Gasteiger partial charge in [-0.05, 0) is 54.5 Å². The standard InChI is InChI=1S/C22H27FN2O2/c1-2-12-25-13-4-7-17-5-3-6-18(22(17)25)15-24-19-10-8-16(20(23)14-19)9-11-21(26)27/h3,5-6,8,10,14,24H,2,4,7,9,11-13,15H2,1H3,(H,26,27). The summed E-state index contributed by atoms with van der Waals surface area (Å²) in [5.74, 6) is -1.27. The lowest BCUT2D eigenvalue weighted by molar-refractivity contribution is -0.136. The third-order valence-electron chi connectivity index (χ3n) is 5.03. The molecule has 0 spiro atoms. The summed E-state index contributed by atoms with van der Waals surface area (Å²) < 4.78 is 14.2. The number of fused-ring (bicyclic) bond motifs is 1. The molecule has 0 aromatic heterocycles. The van der Waals surface area contributed by atoms with E-state index in [1.165, 1.54) is 29.3 Å². The number of aliphatic carboxylic acids is 1. The molecule has 1 aliphatic rings. The van der Waals surface area contributed by atoms with Crippen molar-refractivity contribution in [3.05, 3.63) is 58.9 Å². The summed E-state index contributed by atoms with van der Waals surface area (Å²) >= 11 is 0. The van der Waals surface area contributed by atoms with Gasteiger partial charge in [0.1, 0.15) is 5.82 Å². The molecule has 0 fully saturated rings. The SMILES string of the molecule is CCCN1CCCc2cccc(CNc3ccc(CCC(=O)O)c(F)c3)c21. The van der Waals surface area contributed by atoms with Gasteiger partial charge >= 0.3 is 5.97 Å². The molecule has 144 valence electrons. The second kappa shape index (κ2) is 8.89. The molecular weight excluding hydrogens is 343 g/mol. The maximum Gasteiger partial charge on any atom is 0.303 e. The molecule has 0 unspecified atom stereocenters. The van der Waals surface area contributed by atoms with E-state index >= 15 is 0 Å². The minimum absolute atomic E-state index is 0.0624. The summed E-state index contributed by atoms with van der Waals surface area (Å²) in [6, 6.07) is 11.4. The van der Waals surface area contributed by atoms with Gasteiger partial charge in [0.15, 0.2) is 0 Å². The van der Waals surface area contributed by atoms with Crippen LogP contribution in [0.2, 0.25) is 0 Å². The summed E-state index contributed by atoms with van der Waals surface area (Å²) in [6.45, 7) is 4.98. The van der Waals surface area contributed by atoms with Crippen LogP contribution >= 0.6 is 0 Å². The summed E-state index contributed by atoms with van der Waals surface area (Å²) in [6.07, 6.45) is 3.56. The van der Waals surface area contributed by atoms with Crippen LogP contribution in [0.5, 0.6) is 0 Å². The van der Waals surface area contributed by atoms with Crippen LogP contribution in [-0.2, 0) is 24.2 Å². The van der Waals surface area contributed by atoms with Crippen LogP contribution in [0.25, 0.3) is 0 Å². The molecule has 2 N–H and O–H groups in total.